The molecule has 1 rings (SSSR count). The topological polar surface area (TPSA) is 85.4 Å². The summed E-state index contributed by atoms with van der Waals surface area (Å²) in [5.41, 5.74) is 5.28. The number of pyridine rings is 1. The number of hydrogen-bond donors (Lipinski definition) is 2. The number of hydrogen-bond acceptors (Lipinski definition) is 4. The lowest BCUT2D eigenvalue weighted by Gasteiger charge is -2.02. The number of aromatic nitrogens is 1. The summed E-state index contributed by atoms with van der Waals surface area (Å²) >= 11 is 0. The van der Waals surface area contributed by atoms with E-state index >= 15 is 0 Å². The minimum atomic E-state index is -1.11. The van der Waals surface area contributed by atoms with Crippen LogP contribution in [-0.4, -0.2) is 23.2 Å². The summed E-state index contributed by atoms with van der Waals surface area (Å²) in [7, 11) is 1.44. The molecule has 1 aromatic rings. The Hall–Kier alpha value is -1.78. The first-order valence-corrected chi connectivity index (χ1v) is 3.19. The van der Waals surface area contributed by atoms with Crippen LogP contribution in [0.15, 0.2) is 12.1 Å². The average Bonchev–Trinajstić information content (AvgIpc) is 2.04. The Kier molecular flexibility index (Phi) is 2.14. The standard InChI is InChI=1S/C7H8N2O3/c1-12-5-3-2-4(7(10)11)9-6(5)8/h2-3H,1H3,(H2,8,9)(H,10,11). The zero-order valence-corrected chi connectivity index (χ0v) is 6.44. The van der Waals surface area contributed by atoms with E-state index in [2.05, 4.69) is 4.98 Å². The summed E-state index contributed by atoms with van der Waals surface area (Å²) in [5, 5.41) is 8.51. The lowest BCUT2D eigenvalue weighted by Crippen LogP contribution is -2.04. The zero-order valence-electron chi connectivity index (χ0n) is 6.44. The average molecular weight is 168 g/mol. The number of aromatic carboxylic acids is 1. The summed E-state index contributed by atoms with van der Waals surface area (Å²) in [6.45, 7) is 0. The highest BCUT2D eigenvalue weighted by Gasteiger charge is 2.07. The summed E-state index contributed by atoms with van der Waals surface area (Å²) in [5.74, 6) is -0.651. The van der Waals surface area contributed by atoms with Gasteiger partial charge in [0, 0.05) is 0 Å². The van der Waals surface area contributed by atoms with Crippen molar-refractivity contribution in [2.75, 3.05) is 12.8 Å². The Bertz CT molecular complexity index is 312. The molecule has 0 atom stereocenters. The number of rotatable bonds is 2. The van der Waals surface area contributed by atoms with Gasteiger partial charge in [-0.1, -0.05) is 0 Å². The largest absolute Gasteiger partial charge is 0.493 e. The van der Waals surface area contributed by atoms with Gasteiger partial charge >= 0.3 is 5.97 Å². The van der Waals surface area contributed by atoms with Gasteiger partial charge in [-0.2, -0.15) is 0 Å². The highest BCUT2D eigenvalue weighted by atomic mass is 16.5. The molecule has 64 valence electrons. The van der Waals surface area contributed by atoms with Crippen LogP contribution in [0.1, 0.15) is 10.5 Å². The second kappa shape index (κ2) is 3.08. The predicted octanol–water partition coefficient (Wildman–Crippen LogP) is 0.371. The molecule has 0 spiro atoms. The van der Waals surface area contributed by atoms with E-state index in [9.17, 15) is 4.79 Å². The maximum Gasteiger partial charge on any atom is 0.354 e. The number of carbonyl (C=O) groups is 1. The van der Waals surface area contributed by atoms with Crippen molar-refractivity contribution in [3.8, 4) is 5.75 Å². The number of nitrogens with zero attached hydrogens (tertiary/aromatic N) is 1. The summed E-state index contributed by atoms with van der Waals surface area (Å²) < 4.78 is 4.80. The molecule has 0 saturated carbocycles. The van der Waals surface area contributed by atoms with Gasteiger partial charge in [0.05, 0.1) is 7.11 Å². The Balaban J connectivity index is 3.10. The molecule has 0 saturated heterocycles. The quantitative estimate of drug-likeness (QED) is 0.666. The molecule has 0 radical (unpaired) electrons. The fourth-order valence-corrected chi connectivity index (χ4v) is 0.754. The van der Waals surface area contributed by atoms with Crippen molar-refractivity contribution in [3.63, 3.8) is 0 Å². The molecule has 5 heteroatoms. The minimum Gasteiger partial charge on any atom is -0.493 e. The highest BCUT2D eigenvalue weighted by molar-refractivity contribution is 5.86. The van der Waals surface area contributed by atoms with Crippen LogP contribution >= 0.6 is 0 Å². The smallest absolute Gasteiger partial charge is 0.354 e. The third-order valence-corrected chi connectivity index (χ3v) is 1.32. The SMILES string of the molecule is COc1ccc(C(=O)O)nc1N. The molecule has 0 aliphatic rings. The molecule has 0 fully saturated rings. The molecule has 5 nitrogen and oxygen atoms in total. The molecule has 0 aliphatic carbocycles. The molecule has 1 aromatic heterocycles. The number of anilines is 1. The molecule has 0 amide bonds. The minimum absolute atomic E-state index is 0.0809. The normalized spacial score (nSPS) is 9.42. The molecule has 12 heavy (non-hydrogen) atoms. The highest BCUT2D eigenvalue weighted by Crippen LogP contribution is 2.17. The van der Waals surface area contributed by atoms with Crippen molar-refractivity contribution in [1.29, 1.82) is 0 Å². The van der Waals surface area contributed by atoms with E-state index in [1.54, 1.807) is 0 Å². The lowest BCUT2D eigenvalue weighted by molar-refractivity contribution is 0.0690. The second-order valence-electron chi connectivity index (χ2n) is 2.09. The number of methoxy groups -OCH3 is 1. The lowest BCUT2D eigenvalue weighted by atomic mass is 10.3. The molecule has 3 N–H and O–H groups in total. The van der Waals surface area contributed by atoms with Crippen molar-refractivity contribution < 1.29 is 14.6 Å². The van der Waals surface area contributed by atoms with Gasteiger partial charge in [-0.25, -0.2) is 9.78 Å². The van der Waals surface area contributed by atoms with Gasteiger partial charge in [0.2, 0.25) is 0 Å². The Labute approximate surface area is 68.8 Å². The van der Waals surface area contributed by atoms with E-state index < -0.39 is 5.97 Å². The van der Waals surface area contributed by atoms with Gasteiger partial charge in [0.1, 0.15) is 0 Å². The first-order chi connectivity index (χ1) is 5.65. The Morgan fingerprint density at radius 2 is 2.33 bits per heavy atom. The number of carboxylic acid groups (broad SMARTS) is 1. The van der Waals surface area contributed by atoms with Gasteiger partial charge in [-0.15, -0.1) is 0 Å². The van der Waals surface area contributed by atoms with E-state index in [1.165, 1.54) is 19.2 Å². The Morgan fingerprint density at radius 3 is 2.75 bits per heavy atom. The predicted molar refractivity (Wildman–Crippen MR) is 42.2 cm³/mol. The number of nitrogen functional groups attached to an aromatic ring is 1. The second-order valence-corrected chi connectivity index (χ2v) is 2.09. The maximum absolute atomic E-state index is 10.4. The number of ether oxygens (including phenoxy) is 1. The van der Waals surface area contributed by atoms with Crippen LogP contribution < -0.4 is 10.5 Å². The first-order valence-electron chi connectivity index (χ1n) is 3.19. The van der Waals surface area contributed by atoms with Crippen molar-refractivity contribution in [1.82, 2.24) is 4.98 Å². The zero-order chi connectivity index (χ0) is 9.14. The molecule has 0 bridgehead atoms. The van der Waals surface area contributed by atoms with Crippen LogP contribution in [0.3, 0.4) is 0 Å². The first kappa shape index (κ1) is 8.32. The molecular weight excluding hydrogens is 160 g/mol. The van der Waals surface area contributed by atoms with E-state index in [0.717, 1.165) is 0 Å². The van der Waals surface area contributed by atoms with Crippen molar-refractivity contribution in [3.05, 3.63) is 17.8 Å². The van der Waals surface area contributed by atoms with Crippen LogP contribution in [0.4, 0.5) is 5.82 Å². The van der Waals surface area contributed by atoms with E-state index in [1.807, 2.05) is 0 Å². The molecule has 0 unspecified atom stereocenters. The van der Waals surface area contributed by atoms with Crippen LogP contribution in [0, 0.1) is 0 Å². The third kappa shape index (κ3) is 1.45. The summed E-state index contributed by atoms with van der Waals surface area (Å²) in [6, 6.07) is 2.79. The van der Waals surface area contributed by atoms with Crippen LogP contribution in [0.5, 0.6) is 5.75 Å². The van der Waals surface area contributed by atoms with E-state index in [4.69, 9.17) is 15.6 Å². The number of nitrogens with two attached hydrogens (primary N) is 1. The van der Waals surface area contributed by atoms with Gasteiger partial charge in [-0.3, -0.25) is 0 Å². The van der Waals surface area contributed by atoms with E-state index in [0.29, 0.717) is 5.75 Å². The van der Waals surface area contributed by atoms with Crippen molar-refractivity contribution in [2.45, 2.75) is 0 Å². The Morgan fingerprint density at radius 1 is 1.67 bits per heavy atom. The monoisotopic (exact) mass is 168 g/mol. The van der Waals surface area contributed by atoms with E-state index in [-0.39, 0.29) is 11.5 Å². The van der Waals surface area contributed by atoms with Gasteiger partial charge in [0.25, 0.3) is 0 Å². The fourth-order valence-electron chi connectivity index (χ4n) is 0.754. The van der Waals surface area contributed by atoms with Crippen molar-refractivity contribution in [2.24, 2.45) is 0 Å². The van der Waals surface area contributed by atoms with Crippen LogP contribution in [0.25, 0.3) is 0 Å². The fraction of sp³-hybridized carbons (Fsp3) is 0.143. The van der Waals surface area contributed by atoms with Gasteiger partial charge in [0.15, 0.2) is 17.3 Å². The maximum atomic E-state index is 10.4. The molecule has 0 aliphatic heterocycles. The van der Waals surface area contributed by atoms with Crippen molar-refractivity contribution >= 4 is 11.8 Å². The molecule has 0 aromatic carbocycles. The van der Waals surface area contributed by atoms with Gasteiger partial charge in [-0.05, 0) is 12.1 Å². The van der Waals surface area contributed by atoms with Crippen LogP contribution in [-0.2, 0) is 0 Å². The number of carboxylic acids is 1. The van der Waals surface area contributed by atoms with Crippen LogP contribution in [0.2, 0.25) is 0 Å². The van der Waals surface area contributed by atoms with Gasteiger partial charge < -0.3 is 15.6 Å². The molecular formula is C7H8N2O3. The molecule has 1 heterocycles. The summed E-state index contributed by atoms with van der Waals surface area (Å²) in [6.07, 6.45) is 0. The third-order valence-electron chi connectivity index (χ3n) is 1.32. The summed E-state index contributed by atoms with van der Waals surface area (Å²) in [4.78, 5) is 14.0.